The minimum absolute atomic E-state index is 0.0369. The molecule has 1 aliphatic rings. The molecule has 4 rings (SSSR count). The average Bonchev–Trinajstić information content (AvgIpc) is 3.51. The summed E-state index contributed by atoms with van der Waals surface area (Å²) in [6, 6.07) is 0. The Morgan fingerprint density at radius 3 is 2.45 bits per heavy atom. The van der Waals surface area contributed by atoms with Crippen molar-refractivity contribution in [1.29, 1.82) is 0 Å². The number of alkyl halides is 6. The predicted molar refractivity (Wildman–Crippen MR) is 121 cm³/mol. The number of aryl methyl sites for hydroxylation is 1. The lowest BCUT2D eigenvalue weighted by atomic mass is 9.87. The Labute approximate surface area is 215 Å². The predicted octanol–water partition coefficient (Wildman–Crippen LogP) is 2.50. The second-order valence-electron chi connectivity index (χ2n) is 8.43. The number of aromatic nitrogens is 6. The van der Waals surface area contributed by atoms with E-state index in [1.165, 1.54) is 15.9 Å². The summed E-state index contributed by atoms with van der Waals surface area (Å²) in [7, 11) is 0. The number of rotatable bonds is 7. The summed E-state index contributed by atoms with van der Waals surface area (Å²) in [4.78, 5) is 29.1. The van der Waals surface area contributed by atoms with Gasteiger partial charge in [0.25, 0.3) is 0 Å². The van der Waals surface area contributed by atoms with E-state index >= 15 is 0 Å². The van der Waals surface area contributed by atoms with Crippen molar-refractivity contribution >= 4 is 17.2 Å². The van der Waals surface area contributed by atoms with E-state index in [1.54, 1.807) is 0 Å². The van der Waals surface area contributed by atoms with Gasteiger partial charge in [0, 0.05) is 57.0 Å². The zero-order valence-corrected chi connectivity index (χ0v) is 20.7. The number of aliphatic hydroxyl groups is 1. The number of halogens is 6. The third-order valence-corrected chi connectivity index (χ3v) is 7.23. The van der Waals surface area contributed by atoms with Gasteiger partial charge in [-0.2, -0.15) is 31.4 Å². The van der Waals surface area contributed by atoms with Gasteiger partial charge in [0.05, 0.1) is 16.1 Å². The average molecular weight is 565 g/mol. The molecule has 1 aliphatic heterocycles. The van der Waals surface area contributed by atoms with Crippen molar-refractivity contribution < 1.29 is 36.2 Å². The first-order valence-electron chi connectivity index (χ1n) is 11.4. The van der Waals surface area contributed by atoms with Crippen LogP contribution in [0.2, 0.25) is 0 Å². The van der Waals surface area contributed by atoms with Crippen LogP contribution < -0.4 is 5.32 Å². The zero-order valence-electron chi connectivity index (χ0n) is 19.8. The van der Waals surface area contributed by atoms with Gasteiger partial charge in [0.1, 0.15) is 18.7 Å². The highest BCUT2D eigenvalue weighted by atomic mass is 32.1. The van der Waals surface area contributed by atoms with Crippen LogP contribution in [0.25, 0.3) is 11.3 Å². The van der Waals surface area contributed by atoms with Crippen molar-refractivity contribution in [2.24, 2.45) is 0 Å². The first-order valence-corrected chi connectivity index (χ1v) is 12.2. The summed E-state index contributed by atoms with van der Waals surface area (Å²) >= 11 is 0.258. The Morgan fingerprint density at radius 2 is 1.87 bits per heavy atom. The van der Waals surface area contributed by atoms with Gasteiger partial charge in [-0.25, -0.2) is 24.6 Å². The molecule has 206 valence electrons. The Bertz CT molecular complexity index is 1270. The maximum Gasteiger partial charge on any atom is 0.451 e. The number of carbonyl (C=O) groups is 1. The van der Waals surface area contributed by atoms with E-state index in [0.717, 1.165) is 12.4 Å². The fraction of sp³-hybridized carbons (Fsp3) is 0.524. The molecule has 2 N–H and O–H groups in total. The van der Waals surface area contributed by atoms with Gasteiger partial charge < -0.3 is 15.3 Å². The molecule has 0 spiro atoms. The zero-order chi connectivity index (χ0) is 27.7. The number of amides is 1. The van der Waals surface area contributed by atoms with Crippen molar-refractivity contribution in [1.82, 2.24) is 39.9 Å². The largest absolute Gasteiger partial charge is 0.451 e. The number of nitrogens with zero attached hydrogens (tertiary/aromatic N) is 7. The lowest BCUT2D eigenvalue weighted by Gasteiger charge is -2.47. The SMILES string of the molecule is CCc1ncn(CC(=O)N2CCNCC2(CCO)c2sc(C(F)(F)F)nc2-c2cnc(C(F)(F)F)nc2)n1. The van der Waals surface area contributed by atoms with Crippen LogP contribution in [0, 0.1) is 0 Å². The topological polar surface area (TPSA) is 122 Å². The molecule has 0 bridgehead atoms. The number of thiazole rings is 1. The Morgan fingerprint density at radius 1 is 1.16 bits per heavy atom. The van der Waals surface area contributed by atoms with Crippen LogP contribution >= 0.6 is 11.3 Å². The van der Waals surface area contributed by atoms with Crippen LogP contribution in [-0.2, 0) is 35.7 Å². The lowest BCUT2D eigenvalue weighted by molar-refractivity contribution is -0.145. The van der Waals surface area contributed by atoms with Gasteiger partial charge in [-0.05, 0) is 0 Å². The van der Waals surface area contributed by atoms with Crippen LogP contribution in [0.3, 0.4) is 0 Å². The molecule has 1 saturated heterocycles. The highest BCUT2D eigenvalue weighted by Gasteiger charge is 2.48. The normalized spacial score (nSPS) is 18.7. The van der Waals surface area contributed by atoms with E-state index in [9.17, 15) is 36.2 Å². The summed E-state index contributed by atoms with van der Waals surface area (Å²) < 4.78 is 81.6. The molecule has 3 aromatic heterocycles. The van der Waals surface area contributed by atoms with Gasteiger partial charge in [0.2, 0.25) is 11.7 Å². The second kappa shape index (κ2) is 10.5. The highest BCUT2D eigenvalue weighted by molar-refractivity contribution is 7.12. The summed E-state index contributed by atoms with van der Waals surface area (Å²) in [5, 5.41) is 15.9. The molecule has 0 saturated carbocycles. The van der Waals surface area contributed by atoms with Crippen LogP contribution in [0.1, 0.15) is 34.9 Å². The van der Waals surface area contributed by atoms with Crippen molar-refractivity contribution in [3.05, 3.63) is 40.3 Å². The third kappa shape index (κ3) is 5.49. The van der Waals surface area contributed by atoms with E-state index in [2.05, 4.69) is 30.4 Å². The number of carbonyl (C=O) groups excluding carboxylic acids is 1. The summed E-state index contributed by atoms with van der Waals surface area (Å²) in [6.07, 6.45) is -6.52. The molecule has 1 fully saturated rings. The van der Waals surface area contributed by atoms with Gasteiger partial charge in [-0.3, -0.25) is 4.79 Å². The van der Waals surface area contributed by atoms with Crippen LogP contribution in [0.5, 0.6) is 0 Å². The van der Waals surface area contributed by atoms with Crippen LogP contribution in [-0.4, -0.2) is 71.9 Å². The quantitative estimate of drug-likeness (QED) is 0.420. The molecule has 1 atom stereocenters. The van der Waals surface area contributed by atoms with E-state index in [4.69, 9.17) is 0 Å². The fourth-order valence-electron chi connectivity index (χ4n) is 4.23. The molecule has 17 heteroatoms. The molecule has 1 amide bonds. The Balaban J connectivity index is 1.83. The number of hydrogen-bond acceptors (Lipinski definition) is 9. The van der Waals surface area contributed by atoms with Crippen LogP contribution in [0.15, 0.2) is 18.7 Å². The first kappa shape index (κ1) is 27.8. The standard InChI is InChI=1S/C21H22F6N8O2S/c1-2-13-31-11-34(33-13)9-14(37)35-5-4-28-10-19(35,3-6-36)16-15(32-18(38-16)21(25,26)27)12-7-29-17(30-8-12)20(22,23)24/h7-8,11,28,36H,2-6,9-10H2,1H3. The molecular weight excluding hydrogens is 542 g/mol. The van der Waals surface area contributed by atoms with Crippen molar-refractivity contribution in [2.45, 2.75) is 44.2 Å². The maximum absolute atomic E-state index is 13.8. The van der Waals surface area contributed by atoms with E-state index in [0.29, 0.717) is 18.8 Å². The molecular formula is C21H22F6N8O2S. The Hall–Kier alpha value is -3.18. The van der Waals surface area contributed by atoms with Crippen molar-refractivity contribution in [3.63, 3.8) is 0 Å². The molecule has 0 radical (unpaired) electrons. The van der Waals surface area contributed by atoms with Crippen molar-refractivity contribution in [2.75, 3.05) is 26.2 Å². The van der Waals surface area contributed by atoms with Gasteiger partial charge in [-0.15, -0.1) is 11.3 Å². The first-order chi connectivity index (χ1) is 17.9. The molecule has 10 nitrogen and oxygen atoms in total. The monoisotopic (exact) mass is 564 g/mol. The van der Waals surface area contributed by atoms with Gasteiger partial charge in [-0.1, -0.05) is 6.92 Å². The van der Waals surface area contributed by atoms with Crippen LogP contribution in [0.4, 0.5) is 26.3 Å². The minimum atomic E-state index is -4.88. The highest BCUT2D eigenvalue weighted by Crippen LogP contribution is 2.46. The summed E-state index contributed by atoms with van der Waals surface area (Å²) in [5.41, 5.74) is -2.02. The molecule has 38 heavy (non-hydrogen) atoms. The summed E-state index contributed by atoms with van der Waals surface area (Å²) in [6.45, 7) is 1.43. The molecule has 1 unspecified atom stereocenters. The molecule has 0 aromatic carbocycles. The van der Waals surface area contributed by atoms with E-state index in [-0.39, 0.29) is 53.5 Å². The Kier molecular flexibility index (Phi) is 7.72. The third-order valence-electron chi connectivity index (χ3n) is 5.94. The number of aliphatic hydroxyl groups excluding tert-OH is 1. The fourth-order valence-corrected chi connectivity index (χ4v) is 5.41. The lowest BCUT2D eigenvalue weighted by Crippen LogP contribution is -2.61. The molecule has 4 heterocycles. The van der Waals surface area contributed by atoms with Gasteiger partial charge >= 0.3 is 12.4 Å². The van der Waals surface area contributed by atoms with E-state index in [1.807, 2.05) is 6.92 Å². The summed E-state index contributed by atoms with van der Waals surface area (Å²) in [5.74, 6) is -1.46. The minimum Gasteiger partial charge on any atom is -0.396 e. The number of hydrogen-bond donors (Lipinski definition) is 2. The molecule has 0 aliphatic carbocycles. The number of piperazine rings is 1. The second-order valence-corrected chi connectivity index (χ2v) is 9.43. The van der Waals surface area contributed by atoms with E-state index < -0.39 is 41.2 Å². The van der Waals surface area contributed by atoms with Crippen molar-refractivity contribution in [3.8, 4) is 11.3 Å². The smallest absolute Gasteiger partial charge is 0.396 e. The molecule has 3 aromatic rings. The van der Waals surface area contributed by atoms with Gasteiger partial charge in [0.15, 0.2) is 5.01 Å². The maximum atomic E-state index is 13.8. The number of nitrogens with one attached hydrogen (secondary N) is 1.